The van der Waals surface area contributed by atoms with E-state index >= 15 is 0 Å². The van der Waals surface area contributed by atoms with E-state index in [9.17, 15) is 9.59 Å². The number of ether oxygens (including phenoxy) is 1. The van der Waals surface area contributed by atoms with Gasteiger partial charge in [-0.25, -0.2) is 4.79 Å². The van der Waals surface area contributed by atoms with Crippen molar-refractivity contribution in [1.82, 2.24) is 5.32 Å². The minimum absolute atomic E-state index is 0.0293. The monoisotopic (exact) mass is 241 g/mol. The summed E-state index contributed by atoms with van der Waals surface area (Å²) in [7, 11) is 0. The Morgan fingerprint density at radius 2 is 2.18 bits per heavy atom. The molecule has 1 aliphatic heterocycles. The second-order valence-electron chi connectivity index (χ2n) is 5.07. The maximum atomic E-state index is 11.5. The summed E-state index contributed by atoms with van der Waals surface area (Å²) in [4.78, 5) is 22.6. The zero-order valence-corrected chi connectivity index (χ0v) is 10.8. The SMILES string of the molecule is CC(C)CCCCCC(=O)NC1CCOC1=O. The summed E-state index contributed by atoms with van der Waals surface area (Å²) in [6.45, 7) is 4.84. The Morgan fingerprint density at radius 1 is 1.41 bits per heavy atom. The fourth-order valence-corrected chi connectivity index (χ4v) is 1.91. The number of unbranched alkanes of at least 4 members (excludes halogenated alkanes) is 2. The minimum Gasteiger partial charge on any atom is -0.464 e. The van der Waals surface area contributed by atoms with E-state index in [1.165, 1.54) is 12.8 Å². The normalized spacial score (nSPS) is 19.5. The molecule has 1 rings (SSSR count). The average molecular weight is 241 g/mol. The maximum absolute atomic E-state index is 11.5. The van der Waals surface area contributed by atoms with Crippen LogP contribution in [0, 0.1) is 5.92 Å². The Balaban J connectivity index is 2.03. The standard InChI is InChI=1S/C13H23NO3/c1-10(2)6-4-3-5-7-12(15)14-11-8-9-17-13(11)16/h10-11H,3-9H2,1-2H3,(H,14,15). The number of carbonyl (C=O) groups is 2. The van der Waals surface area contributed by atoms with Crippen LogP contribution in [-0.4, -0.2) is 24.5 Å². The molecule has 0 aromatic rings. The molecule has 0 aromatic carbocycles. The second kappa shape index (κ2) is 7.30. The van der Waals surface area contributed by atoms with E-state index in [4.69, 9.17) is 4.74 Å². The number of carbonyl (C=O) groups excluding carboxylic acids is 2. The predicted molar refractivity (Wildman–Crippen MR) is 65.4 cm³/mol. The van der Waals surface area contributed by atoms with Crippen molar-refractivity contribution in [3.63, 3.8) is 0 Å². The molecule has 98 valence electrons. The summed E-state index contributed by atoms with van der Waals surface area (Å²) in [6.07, 6.45) is 5.51. The predicted octanol–water partition coefficient (Wildman–Crippen LogP) is 2.02. The summed E-state index contributed by atoms with van der Waals surface area (Å²) in [5.41, 5.74) is 0. The van der Waals surface area contributed by atoms with E-state index in [0.717, 1.165) is 18.8 Å². The molecule has 1 fully saturated rings. The molecule has 1 unspecified atom stereocenters. The lowest BCUT2D eigenvalue weighted by Gasteiger charge is -2.08. The van der Waals surface area contributed by atoms with Gasteiger partial charge >= 0.3 is 5.97 Å². The Kier molecular flexibility index (Phi) is 6.01. The van der Waals surface area contributed by atoms with Gasteiger partial charge in [-0.1, -0.05) is 33.1 Å². The number of esters is 1. The third-order valence-electron chi connectivity index (χ3n) is 2.96. The van der Waals surface area contributed by atoms with Gasteiger partial charge in [-0.15, -0.1) is 0 Å². The largest absolute Gasteiger partial charge is 0.464 e. The fourth-order valence-electron chi connectivity index (χ4n) is 1.91. The van der Waals surface area contributed by atoms with Gasteiger partial charge in [-0.05, 0) is 12.3 Å². The van der Waals surface area contributed by atoms with Crippen molar-refractivity contribution in [1.29, 1.82) is 0 Å². The molecule has 0 spiro atoms. The number of amides is 1. The first-order valence-electron chi connectivity index (χ1n) is 6.55. The molecule has 4 heteroatoms. The maximum Gasteiger partial charge on any atom is 0.328 e. The van der Waals surface area contributed by atoms with Crippen molar-refractivity contribution in [2.75, 3.05) is 6.61 Å². The molecule has 17 heavy (non-hydrogen) atoms. The van der Waals surface area contributed by atoms with Crippen LogP contribution in [0.3, 0.4) is 0 Å². The number of hydrogen-bond donors (Lipinski definition) is 1. The lowest BCUT2D eigenvalue weighted by Crippen LogP contribution is -2.37. The van der Waals surface area contributed by atoms with Crippen molar-refractivity contribution < 1.29 is 14.3 Å². The summed E-state index contributed by atoms with van der Waals surface area (Å²) >= 11 is 0. The van der Waals surface area contributed by atoms with Gasteiger partial charge in [-0.3, -0.25) is 4.79 Å². The summed E-state index contributed by atoms with van der Waals surface area (Å²) < 4.78 is 4.78. The van der Waals surface area contributed by atoms with Crippen LogP contribution < -0.4 is 5.32 Å². The number of rotatable bonds is 7. The zero-order valence-electron chi connectivity index (χ0n) is 10.8. The van der Waals surface area contributed by atoms with E-state index in [0.29, 0.717) is 19.4 Å². The number of hydrogen-bond acceptors (Lipinski definition) is 3. The van der Waals surface area contributed by atoms with Crippen LogP contribution in [0.4, 0.5) is 0 Å². The fraction of sp³-hybridized carbons (Fsp3) is 0.846. The molecule has 0 aromatic heterocycles. The molecule has 0 radical (unpaired) electrons. The van der Waals surface area contributed by atoms with E-state index in [1.807, 2.05) is 0 Å². The molecule has 4 nitrogen and oxygen atoms in total. The van der Waals surface area contributed by atoms with Gasteiger partial charge < -0.3 is 10.1 Å². The van der Waals surface area contributed by atoms with Crippen molar-refractivity contribution in [2.24, 2.45) is 5.92 Å². The Bertz CT molecular complexity index is 263. The highest BCUT2D eigenvalue weighted by Gasteiger charge is 2.27. The molecule has 1 atom stereocenters. The van der Waals surface area contributed by atoms with Crippen LogP contribution in [0.1, 0.15) is 52.4 Å². The first-order chi connectivity index (χ1) is 8.09. The Hall–Kier alpha value is -1.06. The van der Waals surface area contributed by atoms with Crippen molar-refractivity contribution in [3.8, 4) is 0 Å². The average Bonchev–Trinajstić information content (AvgIpc) is 2.63. The van der Waals surface area contributed by atoms with Gasteiger partial charge in [0.05, 0.1) is 6.61 Å². The quantitative estimate of drug-likeness (QED) is 0.548. The molecule has 1 aliphatic rings. The van der Waals surface area contributed by atoms with Gasteiger partial charge in [0, 0.05) is 12.8 Å². The van der Waals surface area contributed by atoms with E-state index in [-0.39, 0.29) is 11.9 Å². The first kappa shape index (κ1) is 14.0. The molecule has 1 amide bonds. The third-order valence-corrected chi connectivity index (χ3v) is 2.96. The van der Waals surface area contributed by atoms with Gasteiger partial charge in [0.15, 0.2) is 0 Å². The van der Waals surface area contributed by atoms with Crippen LogP contribution in [-0.2, 0) is 14.3 Å². The van der Waals surface area contributed by atoms with Gasteiger partial charge in [0.25, 0.3) is 0 Å². The second-order valence-corrected chi connectivity index (χ2v) is 5.07. The van der Waals surface area contributed by atoms with Gasteiger partial charge in [0.1, 0.15) is 6.04 Å². The lowest BCUT2D eigenvalue weighted by molar-refractivity contribution is -0.141. The summed E-state index contributed by atoms with van der Waals surface area (Å²) in [5, 5.41) is 2.71. The van der Waals surface area contributed by atoms with Crippen LogP contribution in [0.5, 0.6) is 0 Å². The molecule has 1 saturated heterocycles. The molecule has 0 bridgehead atoms. The van der Waals surface area contributed by atoms with E-state index in [2.05, 4.69) is 19.2 Å². The van der Waals surface area contributed by atoms with Crippen LogP contribution in [0.15, 0.2) is 0 Å². The number of cyclic esters (lactones) is 1. The van der Waals surface area contributed by atoms with Crippen LogP contribution in [0.2, 0.25) is 0 Å². The first-order valence-corrected chi connectivity index (χ1v) is 6.55. The highest BCUT2D eigenvalue weighted by Crippen LogP contribution is 2.10. The van der Waals surface area contributed by atoms with Gasteiger partial charge in [-0.2, -0.15) is 0 Å². The van der Waals surface area contributed by atoms with Crippen molar-refractivity contribution in [2.45, 2.75) is 58.4 Å². The third kappa shape index (κ3) is 5.71. The molecule has 0 saturated carbocycles. The van der Waals surface area contributed by atoms with Crippen LogP contribution in [0.25, 0.3) is 0 Å². The van der Waals surface area contributed by atoms with Crippen molar-refractivity contribution >= 4 is 11.9 Å². The number of nitrogens with one attached hydrogen (secondary N) is 1. The lowest BCUT2D eigenvalue weighted by atomic mass is 10.0. The Morgan fingerprint density at radius 3 is 2.76 bits per heavy atom. The Labute approximate surface area is 103 Å². The molecule has 1 N–H and O–H groups in total. The van der Waals surface area contributed by atoms with E-state index in [1.54, 1.807) is 0 Å². The zero-order chi connectivity index (χ0) is 12.7. The topological polar surface area (TPSA) is 55.4 Å². The smallest absolute Gasteiger partial charge is 0.328 e. The highest BCUT2D eigenvalue weighted by atomic mass is 16.5. The molecule has 0 aliphatic carbocycles. The molecule has 1 heterocycles. The summed E-state index contributed by atoms with van der Waals surface area (Å²) in [5.74, 6) is 0.411. The molecular formula is C13H23NO3. The molecular weight excluding hydrogens is 218 g/mol. The van der Waals surface area contributed by atoms with Crippen molar-refractivity contribution in [3.05, 3.63) is 0 Å². The van der Waals surface area contributed by atoms with Gasteiger partial charge in [0.2, 0.25) is 5.91 Å². The highest BCUT2D eigenvalue weighted by molar-refractivity contribution is 5.85. The minimum atomic E-state index is -0.404. The van der Waals surface area contributed by atoms with Crippen LogP contribution >= 0.6 is 0 Å². The summed E-state index contributed by atoms with van der Waals surface area (Å²) in [6, 6.07) is -0.404. The van der Waals surface area contributed by atoms with E-state index < -0.39 is 6.04 Å².